The molecule has 0 radical (unpaired) electrons. The molecule has 1 aliphatic rings. The minimum atomic E-state index is -0.438. The Morgan fingerprint density at radius 2 is 1.92 bits per heavy atom. The third kappa shape index (κ3) is 2.66. The minimum absolute atomic E-state index is 0.234. The summed E-state index contributed by atoms with van der Waals surface area (Å²) in [6.07, 6.45) is 1.11. The number of carbonyl (C=O) groups excluding carboxylic acids is 1. The summed E-state index contributed by atoms with van der Waals surface area (Å²) in [4.78, 5) is 11.6. The van der Waals surface area contributed by atoms with E-state index in [-0.39, 0.29) is 5.78 Å². The Bertz CT molecular complexity index is 896. The fraction of sp³-hybridized carbons (Fsp3) is 0.250. The van der Waals surface area contributed by atoms with Crippen molar-refractivity contribution in [3.63, 3.8) is 0 Å². The number of fused-ring (bicyclic) bond motifs is 3. The number of nitrogens with zero attached hydrogens (tertiary/aromatic N) is 1. The maximum atomic E-state index is 11.6. The van der Waals surface area contributed by atoms with Crippen molar-refractivity contribution < 1.29 is 9.90 Å². The largest absolute Gasteiger partial charge is 0.388 e. The first-order valence-corrected chi connectivity index (χ1v) is 9.33. The van der Waals surface area contributed by atoms with Gasteiger partial charge in [0.25, 0.3) is 0 Å². The van der Waals surface area contributed by atoms with Crippen LogP contribution in [-0.2, 0) is 18.7 Å². The van der Waals surface area contributed by atoms with E-state index in [1.807, 2.05) is 36.0 Å². The van der Waals surface area contributed by atoms with Crippen molar-refractivity contribution in [2.24, 2.45) is 0 Å². The van der Waals surface area contributed by atoms with Gasteiger partial charge in [0.05, 0.1) is 0 Å². The van der Waals surface area contributed by atoms with E-state index >= 15 is 0 Å². The number of carbonyl (C=O) groups is 1. The molecule has 122 valence electrons. The zero-order valence-corrected chi connectivity index (χ0v) is 14.2. The predicted molar refractivity (Wildman–Crippen MR) is 98.8 cm³/mol. The van der Waals surface area contributed by atoms with Crippen LogP contribution < -0.4 is 0 Å². The Morgan fingerprint density at radius 3 is 2.71 bits per heavy atom. The molecule has 1 aliphatic heterocycles. The first-order valence-electron chi connectivity index (χ1n) is 8.17. The molecule has 1 aromatic heterocycles. The lowest BCUT2D eigenvalue weighted by molar-refractivity contribution is 0.0903. The van der Waals surface area contributed by atoms with Gasteiger partial charge in [-0.05, 0) is 29.4 Å². The molecule has 0 spiro atoms. The highest BCUT2D eigenvalue weighted by Crippen LogP contribution is 2.34. The van der Waals surface area contributed by atoms with Crippen molar-refractivity contribution in [2.45, 2.75) is 18.7 Å². The molecule has 0 fully saturated rings. The predicted octanol–water partition coefficient (Wildman–Crippen LogP) is 3.65. The van der Waals surface area contributed by atoms with E-state index in [2.05, 4.69) is 28.8 Å². The van der Waals surface area contributed by atoms with E-state index in [1.165, 1.54) is 33.5 Å². The van der Waals surface area contributed by atoms with Crippen molar-refractivity contribution in [3.05, 3.63) is 70.9 Å². The molecule has 0 unspecified atom stereocenters. The van der Waals surface area contributed by atoms with Crippen LogP contribution in [0, 0.1) is 0 Å². The molecule has 1 N–H and O–H groups in total. The number of benzene rings is 2. The van der Waals surface area contributed by atoms with Gasteiger partial charge in [-0.15, -0.1) is 0 Å². The fourth-order valence-electron chi connectivity index (χ4n) is 3.47. The maximum Gasteiger partial charge on any atom is 0.188 e. The number of aliphatic hydroxyl groups is 1. The van der Waals surface area contributed by atoms with Crippen molar-refractivity contribution in [1.29, 1.82) is 0 Å². The smallest absolute Gasteiger partial charge is 0.188 e. The first-order chi connectivity index (χ1) is 11.8. The Balaban J connectivity index is 1.73. The molecular weight excluding hydrogens is 318 g/mol. The quantitative estimate of drug-likeness (QED) is 0.739. The van der Waals surface area contributed by atoms with Gasteiger partial charge in [0.15, 0.2) is 5.78 Å². The molecule has 0 atom stereocenters. The number of ketones is 1. The minimum Gasteiger partial charge on any atom is -0.388 e. The molecule has 0 aliphatic carbocycles. The van der Waals surface area contributed by atoms with Gasteiger partial charge in [-0.3, -0.25) is 4.79 Å². The van der Waals surface area contributed by atoms with Crippen LogP contribution in [0.15, 0.2) is 48.5 Å². The number of aliphatic hydroxyl groups excluding tert-OH is 1. The van der Waals surface area contributed by atoms with E-state index in [4.69, 9.17) is 5.11 Å². The fourth-order valence-corrected chi connectivity index (χ4v) is 4.48. The second kappa shape index (κ2) is 6.46. The standard InChI is InChI=1S/C20H19NO2S/c22-12-20(23)15-7-5-14(6-8-15)11-21-18-4-2-1-3-16(18)17-13-24-10-9-19(17)21/h1-8,22H,9-13H2. The molecule has 4 heteroatoms. The molecule has 0 saturated heterocycles. The van der Waals surface area contributed by atoms with E-state index in [1.54, 1.807) is 0 Å². The zero-order valence-electron chi connectivity index (χ0n) is 13.4. The Labute approximate surface area is 145 Å². The third-order valence-electron chi connectivity index (χ3n) is 4.68. The highest BCUT2D eigenvalue weighted by molar-refractivity contribution is 7.98. The van der Waals surface area contributed by atoms with Crippen LogP contribution in [0.3, 0.4) is 0 Å². The Morgan fingerprint density at radius 1 is 1.12 bits per heavy atom. The van der Waals surface area contributed by atoms with Crippen LogP contribution in [0.25, 0.3) is 10.9 Å². The van der Waals surface area contributed by atoms with Crippen LogP contribution in [0.2, 0.25) is 0 Å². The average molecular weight is 337 g/mol. The lowest BCUT2D eigenvalue weighted by Crippen LogP contribution is -2.10. The van der Waals surface area contributed by atoms with Crippen LogP contribution in [-0.4, -0.2) is 27.8 Å². The lowest BCUT2D eigenvalue weighted by Gasteiger charge is -2.16. The molecular formula is C20H19NO2S. The van der Waals surface area contributed by atoms with Gasteiger partial charge >= 0.3 is 0 Å². The van der Waals surface area contributed by atoms with Gasteiger partial charge in [-0.2, -0.15) is 11.8 Å². The number of para-hydroxylation sites is 1. The van der Waals surface area contributed by atoms with Crippen molar-refractivity contribution >= 4 is 28.4 Å². The zero-order chi connectivity index (χ0) is 16.5. The van der Waals surface area contributed by atoms with Gasteiger partial charge in [-0.1, -0.05) is 42.5 Å². The topological polar surface area (TPSA) is 42.2 Å². The average Bonchev–Trinajstić information content (AvgIpc) is 2.96. The third-order valence-corrected chi connectivity index (χ3v) is 5.67. The molecule has 2 aromatic carbocycles. The highest BCUT2D eigenvalue weighted by atomic mass is 32.2. The van der Waals surface area contributed by atoms with Crippen molar-refractivity contribution in [2.75, 3.05) is 12.4 Å². The van der Waals surface area contributed by atoms with Gasteiger partial charge in [0.2, 0.25) is 0 Å². The first kappa shape index (κ1) is 15.5. The molecule has 3 nitrogen and oxygen atoms in total. The monoisotopic (exact) mass is 337 g/mol. The van der Waals surface area contributed by atoms with Gasteiger partial charge in [-0.25, -0.2) is 0 Å². The van der Waals surface area contributed by atoms with E-state index in [9.17, 15) is 4.79 Å². The number of hydrogen-bond donors (Lipinski definition) is 1. The van der Waals surface area contributed by atoms with Gasteiger partial charge < -0.3 is 9.67 Å². The number of Topliss-reactive ketones (excluding diaryl/α,β-unsaturated/α-hetero) is 1. The Kier molecular flexibility index (Phi) is 4.17. The summed E-state index contributed by atoms with van der Waals surface area (Å²) in [6.45, 7) is 0.376. The second-order valence-corrected chi connectivity index (χ2v) is 7.21. The SMILES string of the molecule is O=C(CO)c1ccc(Cn2c3c(c4ccccc42)CSCC3)cc1. The molecule has 3 aromatic rings. The molecule has 0 bridgehead atoms. The van der Waals surface area contributed by atoms with Crippen LogP contribution >= 0.6 is 11.8 Å². The summed E-state index contributed by atoms with van der Waals surface area (Å²) in [5, 5.41) is 10.3. The van der Waals surface area contributed by atoms with E-state index < -0.39 is 6.61 Å². The molecule has 24 heavy (non-hydrogen) atoms. The van der Waals surface area contributed by atoms with Gasteiger partial charge in [0, 0.05) is 34.5 Å². The van der Waals surface area contributed by atoms with Gasteiger partial charge in [0.1, 0.15) is 6.61 Å². The molecule has 2 heterocycles. The van der Waals surface area contributed by atoms with Crippen molar-refractivity contribution in [3.8, 4) is 0 Å². The summed E-state index contributed by atoms with van der Waals surface area (Å²) in [7, 11) is 0. The van der Waals surface area contributed by atoms with Crippen LogP contribution in [0.5, 0.6) is 0 Å². The molecule has 4 rings (SSSR count). The molecule has 0 amide bonds. The summed E-state index contributed by atoms with van der Waals surface area (Å²) in [6, 6.07) is 16.2. The summed E-state index contributed by atoms with van der Waals surface area (Å²) >= 11 is 2.01. The maximum absolute atomic E-state index is 11.6. The summed E-state index contributed by atoms with van der Waals surface area (Å²) in [5.74, 6) is 2.03. The Hall–Kier alpha value is -2.04. The van der Waals surface area contributed by atoms with E-state index in [0.717, 1.165) is 18.7 Å². The summed E-state index contributed by atoms with van der Waals surface area (Å²) < 4.78 is 2.42. The van der Waals surface area contributed by atoms with Crippen LogP contribution in [0.1, 0.15) is 27.2 Å². The second-order valence-electron chi connectivity index (χ2n) is 6.11. The number of hydrogen-bond acceptors (Lipinski definition) is 3. The van der Waals surface area contributed by atoms with Crippen LogP contribution in [0.4, 0.5) is 0 Å². The number of rotatable bonds is 4. The normalized spacial score (nSPS) is 13.9. The number of aromatic nitrogens is 1. The number of thioether (sulfide) groups is 1. The summed E-state index contributed by atoms with van der Waals surface area (Å²) in [5.41, 5.74) is 5.96. The highest BCUT2D eigenvalue weighted by Gasteiger charge is 2.19. The van der Waals surface area contributed by atoms with Crippen molar-refractivity contribution in [1.82, 2.24) is 4.57 Å². The molecule has 0 saturated carbocycles. The lowest BCUT2D eigenvalue weighted by atomic mass is 10.1. The van der Waals surface area contributed by atoms with E-state index in [0.29, 0.717) is 5.56 Å².